The number of benzene rings is 1. The normalized spacial score (nSPS) is 13.5. The molecule has 0 amide bonds. The molecule has 86 valence electrons. The number of ether oxygens (including phenoxy) is 1. The van der Waals surface area contributed by atoms with Gasteiger partial charge in [-0.15, -0.1) is 5.92 Å². The first kappa shape index (κ1) is 12.4. The van der Waals surface area contributed by atoms with Gasteiger partial charge in [0, 0.05) is 11.5 Å². The number of methoxy groups -OCH3 is 1. The van der Waals surface area contributed by atoms with Gasteiger partial charge in [-0.2, -0.15) is 0 Å². The number of para-hydroxylation sites is 1. The highest BCUT2D eigenvalue weighted by atomic mass is 16.5. The zero-order chi connectivity index (χ0) is 12.1. The molecule has 1 aromatic carbocycles. The van der Waals surface area contributed by atoms with Crippen LogP contribution in [0.4, 0.5) is 0 Å². The van der Waals surface area contributed by atoms with E-state index in [9.17, 15) is 5.11 Å². The van der Waals surface area contributed by atoms with Crippen LogP contribution in [0.2, 0.25) is 0 Å². The van der Waals surface area contributed by atoms with E-state index in [0.717, 1.165) is 5.56 Å². The summed E-state index contributed by atoms with van der Waals surface area (Å²) in [7, 11) is 1.55. The molecule has 0 aliphatic rings. The van der Waals surface area contributed by atoms with Gasteiger partial charge in [0.25, 0.3) is 0 Å². The molecule has 2 unspecified atom stereocenters. The van der Waals surface area contributed by atoms with Crippen molar-refractivity contribution in [3.63, 3.8) is 0 Å². The monoisotopic (exact) mass is 218 g/mol. The van der Waals surface area contributed by atoms with Crippen molar-refractivity contribution >= 4 is 0 Å². The van der Waals surface area contributed by atoms with Crippen LogP contribution in [0.1, 0.15) is 32.3 Å². The van der Waals surface area contributed by atoms with E-state index in [1.807, 2.05) is 19.1 Å². The highest BCUT2D eigenvalue weighted by Crippen LogP contribution is 2.36. The second kappa shape index (κ2) is 5.46. The number of hydrogen-bond acceptors (Lipinski definition) is 2. The Morgan fingerprint density at radius 3 is 2.56 bits per heavy atom. The molecule has 2 heteroatoms. The van der Waals surface area contributed by atoms with Crippen molar-refractivity contribution < 1.29 is 9.84 Å². The average Bonchev–Trinajstić information content (AvgIpc) is 2.29. The van der Waals surface area contributed by atoms with E-state index in [4.69, 9.17) is 4.74 Å². The number of phenols is 1. The summed E-state index contributed by atoms with van der Waals surface area (Å²) in [6, 6.07) is 5.55. The van der Waals surface area contributed by atoms with Crippen molar-refractivity contribution in [3.8, 4) is 23.3 Å². The van der Waals surface area contributed by atoms with Crippen molar-refractivity contribution in [2.24, 2.45) is 5.92 Å². The van der Waals surface area contributed by atoms with Gasteiger partial charge in [-0.05, 0) is 18.9 Å². The fraction of sp³-hybridized carbons (Fsp3) is 0.429. The molecular weight excluding hydrogens is 200 g/mol. The van der Waals surface area contributed by atoms with Crippen LogP contribution in [-0.2, 0) is 0 Å². The van der Waals surface area contributed by atoms with Gasteiger partial charge in [-0.3, -0.25) is 0 Å². The molecule has 0 fully saturated rings. The van der Waals surface area contributed by atoms with Crippen LogP contribution in [0.25, 0.3) is 0 Å². The molecule has 0 aliphatic carbocycles. The minimum absolute atomic E-state index is 0.183. The van der Waals surface area contributed by atoms with Gasteiger partial charge < -0.3 is 9.84 Å². The first-order valence-corrected chi connectivity index (χ1v) is 5.40. The molecule has 0 saturated heterocycles. The smallest absolute Gasteiger partial charge is 0.161 e. The average molecular weight is 218 g/mol. The highest BCUT2D eigenvalue weighted by Gasteiger charge is 2.17. The standard InChI is InChI=1S/C14H18O2/c1-5-7-10(2)11(3)12-8-6-9-13(16-4)14(12)15/h6,8-11,15H,1-4H3. The molecule has 0 heterocycles. The highest BCUT2D eigenvalue weighted by molar-refractivity contribution is 5.47. The van der Waals surface area contributed by atoms with Gasteiger partial charge in [0.05, 0.1) is 7.11 Å². The molecule has 0 radical (unpaired) electrons. The van der Waals surface area contributed by atoms with Gasteiger partial charge >= 0.3 is 0 Å². The van der Waals surface area contributed by atoms with Crippen LogP contribution in [0.3, 0.4) is 0 Å². The Bertz CT molecular complexity index is 412. The largest absolute Gasteiger partial charge is 0.504 e. The van der Waals surface area contributed by atoms with Crippen LogP contribution in [0.15, 0.2) is 18.2 Å². The second-order valence-corrected chi connectivity index (χ2v) is 3.87. The van der Waals surface area contributed by atoms with Gasteiger partial charge in [0.15, 0.2) is 11.5 Å². The molecule has 16 heavy (non-hydrogen) atoms. The lowest BCUT2D eigenvalue weighted by molar-refractivity contribution is 0.367. The summed E-state index contributed by atoms with van der Waals surface area (Å²) < 4.78 is 5.09. The third-order valence-electron chi connectivity index (χ3n) is 2.86. The van der Waals surface area contributed by atoms with Crippen LogP contribution >= 0.6 is 0 Å². The minimum Gasteiger partial charge on any atom is -0.504 e. The lowest BCUT2D eigenvalue weighted by Gasteiger charge is -2.17. The summed E-state index contributed by atoms with van der Waals surface area (Å²) in [4.78, 5) is 0. The minimum atomic E-state index is 0.183. The molecule has 1 rings (SSSR count). The van der Waals surface area contributed by atoms with E-state index in [-0.39, 0.29) is 17.6 Å². The summed E-state index contributed by atoms with van der Waals surface area (Å²) in [6.45, 7) is 5.94. The molecule has 1 aromatic rings. The third kappa shape index (κ3) is 2.49. The van der Waals surface area contributed by atoms with Crippen LogP contribution in [0, 0.1) is 17.8 Å². The Morgan fingerprint density at radius 1 is 1.31 bits per heavy atom. The Labute approximate surface area is 97.3 Å². The van der Waals surface area contributed by atoms with Gasteiger partial charge in [0.2, 0.25) is 0 Å². The number of hydrogen-bond donors (Lipinski definition) is 1. The predicted molar refractivity (Wildman–Crippen MR) is 65.7 cm³/mol. The van der Waals surface area contributed by atoms with Gasteiger partial charge in [0.1, 0.15) is 0 Å². The van der Waals surface area contributed by atoms with E-state index in [0.29, 0.717) is 5.75 Å². The SMILES string of the molecule is CC#CC(C)C(C)c1cccc(OC)c1O. The quantitative estimate of drug-likeness (QED) is 0.790. The van der Waals surface area contributed by atoms with E-state index >= 15 is 0 Å². The fourth-order valence-corrected chi connectivity index (χ4v) is 1.69. The van der Waals surface area contributed by atoms with Crippen molar-refractivity contribution in [2.45, 2.75) is 26.7 Å². The topological polar surface area (TPSA) is 29.5 Å². The van der Waals surface area contributed by atoms with E-state index in [2.05, 4.69) is 25.7 Å². The van der Waals surface area contributed by atoms with Crippen molar-refractivity contribution in [1.29, 1.82) is 0 Å². The summed E-state index contributed by atoms with van der Waals surface area (Å²) >= 11 is 0. The number of phenolic OH excluding ortho intramolecular Hbond substituents is 1. The molecule has 2 nitrogen and oxygen atoms in total. The Hall–Kier alpha value is -1.62. The summed E-state index contributed by atoms with van der Waals surface area (Å²) in [6.07, 6.45) is 0. The van der Waals surface area contributed by atoms with Gasteiger partial charge in [-0.25, -0.2) is 0 Å². The molecule has 2 atom stereocenters. The molecule has 1 N–H and O–H groups in total. The Kier molecular flexibility index (Phi) is 4.25. The van der Waals surface area contributed by atoms with Gasteiger partial charge in [-0.1, -0.05) is 31.9 Å². The molecule has 0 aromatic heterocycles. The van der Waals surface area contributed by atoms with Crippen molar-refractivity contribution in [3.05, 3.63) is 23.8 Å². The summed E-state index contributed by atoms with van der Waals surface area (Å²) in [5.41, 5.74) is 0.884. The predicted octanol–water partition coefficient (Wildman–Crippen LogP) is 3.16. The lowest BCUT2D eigenvalue weighted by Crippen LogP contribution is -2.04. The van der Waals surface area contributed by atoms with E-state index < -0.39 is 0 Å². The second-order valence-electron chi connectivity index (χ2n) is 3.87. The maximum Gasteiger partial charge on any atom is 0.161 e. The fourth-order valence-electron chi connectivity index (χ4n) is 1.69. The Balaban J connectivity index is 3.07. The molecule has 0 aliphatic heterocycles. The van der Waals surface area contributed by atoms with E-state index in [1.165, 1.54) is 0 Å². The van der Waals surface area contributed by atoms with Crippen LogP contribution < -0.4 is 4.74 Å². The van der Waals surface area contributed by atoms with E-state index in [1.54, 1.807) is 13.2 Å². The van der Waals surface area contributed by atoms with Crippen molar-refractivity contribution in [1.82, 2.24) is 0 Å². The lowest BCUT2D eigenvalue weighted by atomic mass is 9.88. The molecular formula is C14H18O2. The molecule has 0 saturated carbocycles. The molecule has 0 bridgehead atoms. The van der Waals surface area contributed by atoms with Crippen molar-refractivity contribution in [2.75, 3.05) is 7.11 Å². The zero-order valence-corrected chi connectivity index (χ0v) is 10.2. The first-order chi connectivity index (χ1) is 7.61. The number of aromatic hydroxyl groups is 1. The third-order valence-corrected chi connectivity index (χ3v) is 2.86. The summed E-state index contributed by atoms with van der Waals surface area (Å²) in [5, 5.41) is 10.0. The Morgan fingerprint density at radius 2 is 2.00 bits per heavy atom. The maximum atomic E-state index is 10.0. The van der Waals surface area contributed by atoms with Crippen LogP contribution in [-0.4, -0.2) is 12.2 Å². The first-order valence-electron chi connectivity index (χ1n) is 5.40. The van der Waals surface area contributed by atoms with Crippen LogP contribution in [0.5, 0.6) is 11.5 Å². The molecule has 0 spiro atoms. The number of rotatable bonds is 3. The summed E-state index contributed by atoms with van der Waals surface area (Å²) in [5.74, 6) is 7.14. The maximum absolute atomic E-state index is 10.0. The zero-order valence-electron chi connectivity index (χ0n) is 10.2.